The number of nitrogens with two attached hydrogens (primary N) is 1. The number of Topliss-reactive ketones (excluding diaryl/α,β-unsaturated/α-hetero) is 1. The quantitative estimate of drug-likeness (QED) is 0.779. The maximum Gasteiger partial charge on any atom is 0.312 e. The Balaban J connectivity index is 2.74. The van der Waals surface area contributed by atoms with E-state index in [2.05, 4.69) is 5.32 Å². The molecule has 108 valence electrons. The number of nitrogens with one attached hydrogen (secondary N) is 1. The minimum Gasteiger partial charge on any atom is -0.458 e. The summed E-state index contributed by atoms with van der Waals surface area (Å²) in [5, 5.41) is 2.98. The summed E-state index contributed by atoms with van der Waals surface area (Å²) in [6, 6.07) is 5.21. The van der Waals surface area contributed by atoms with Crippen molar-refractivity contribution in [2.24, 2.45) is 5.73 Å². The van der Waals surface area contributed by atoms with E-state index in [1.54, 1.807) is 24.3 Å². The first-order valence-corrected chi connectivity index (χ1v) is 6.22. The minimum atomic E-state index is -0.760. The molecule has 0 bridgehead atoms. The summed E-state index contributed by atoms with van der Waals surface area (Å²) in [7, 11) is 0. The smallest absolute Gasteiger partial charge is 0.312 e. The van der Waals surface area contributed by atoms with Crippen LogP contribution < -0.4 is 11.1 Å². The fourth-order valence-electron chi connectivity index (χ4n) is 1.53. The van der Waals surface area contributed by atoms with Crippen LogP contribution in [0.15, 0.2) is 24.3 Å². The molecule has 0 radical (unpaired) electrons. The lowest BCUT2D eigenvalue weighted by Gasteiger charge is -2.17. The molecule has 20 heavy (non-hydrogen) atoms. The van der Waals surface area contributed by atoms with Gasteiger partial charge in [0.2, 0.25) is 0 Å². The van der Waals surface area contributed by atoms with Crippen LogP contribution in [0.1, 0.15) is 24.9 Å². The third-order valence-electron chi connectivity index (χ3n) is 2.40. The summed E-state index contributed by atoms with van der Waals surface area (Å²) in [5.41, 5.74) is 5.74. The number of esters is 1. The van der Waals surface area contributed by atoms with E-state index < -0.39 is 18.0 Å². The monoisotopic (exact) mass is 298 g/mol. The molecule has 0 saturated heterocycles. The van der Waals surface area contributed by atoms with Crippen LogP contribution in [0.5, 0.6) is 0 Å². The molecule has 0 aliphatic heterocycles. The molecule has 1 atom stereocenters. The Morgan fingerprint density at radius 2 is 1.90 bits per heavy atom. The van der Waals surface area contributed by atoms with Gasteiger partial charge in [0.15, 0.2) is 5.78 Å². The van der Waals surface area contributed by atoms with E-state index in [4.69, 9.17) is 22.1 Å². The topological polar surface area (TPSA) is 98.5 Å². The van der Waals surface area contributed by atoms with Crippen molar-refractivity contribution in [1.29, 1.82) is 0 Å². The van der Waals surface area contributed by atoms with E-state index in [0.29, 0.717) is 10.6 Å². The predicted molar refractivity (Wildman–Crippen MR) is 73.2 cm³/mol. The number of ketones is 1. The number of benzene rings is 1. The number of carbonyl (C=O) groups is 3. The lowest BCUT2D eigenvalue weighted by atomic mass is 10.0. The van der Waals surface area contributed by atoms with Gasteiger partial charge in [-0.3, -0.25) is 9.59 Å². The number of amides is 2. The largest absolute Gasteiger partial charge is 0.458 e. The van der Waals surface area contributed by atoms with Gasteiger partial charge in [-0.1, -0.05) is 23.7 Å². The van der Waals surface area contributed by atoms with Crippen LogP contribution in [0, 0.1) is 0 Å². The molecule has 2 amide bonds. The Morgan fingerprint density at radius 3 is 2.40 bits per heavy atom. The molecular formula is C13H15ClN2O4. The normalized spacial score (nSPS) is 11.5. The molecule has 6 nitrogen and oxygen atoms in total. The fourth-order valence-corrected chi connectivity index (χ4v) is 1.65. The molecule has 1 aromatic rings. The van der Waals surface area contributed by atoms with E-state index in [1.165, 1.54) is 6.92 Å². The van der Waals surface area contributed by atoms with E-state index in [1.807, 2.05) is 0 Å². The predicted octanol–water partition coefficient (Wildman–Crippen LogP) is 1.57. The number of urea groups is 1. The highest BCUT2D eigenvalue weighted by Gasteiger charge is 2.18. The van der Waals surface area contributed by atoms with Crippen LogP contribution in [-0.2, 0) is 14.3 Å². The number of ether oxygens (including phenoxy) is 1. The maximum atomic E-state index is 11.6. The van der Waals surface area contributed by atoms with E-state index in [-0.39, 0.29) is 18.8 Å². The Kier molecular flexibility index (Phi) is 5.99. The second kappa shape index (κ2) is 7.49. The first kappa shape index (κ1) is 16.0. The summed E-state index contributed by atoms with van der Waals surface area (Å²) in [6.07, 6.45) is -0.127. The molecule has 1 rings (SSSR count). The molecule has 0 aliphatic carbocycles. The average molecular weight is 299 g/mol. The van der Waals surface area contributed by atoms with Gasteiger partial charge >= 0.3 is 12.0 Å². The van der Waals surface area contributed by atoms with Gasteiger partial charge in [0.1, 0.15) is 6.61 Å². The highest BCUT2D eigenvalue weighted by molar-refractivity contribution is 6.30. The third kappa shape index (κ3) is 5.71. The van der Waals surface area contributed by atoms with Crippen molar-refractivity contribution in [2.45, 2.75) is 19.4 Å². The zero-order valence-electron chi connectivity index (χ0n) is 10.9. The van der Waals surface area contributed by atoms with E-state index >= 15 is 0 Å². The van der Waals surface area contributed by atoms with Crippen molar-refractivity contribution in [3.8, 4) is 0 Å². The fraction of sp³-hybridized carbons (Fsp3) is 0.308. The van der Waals surface area contributed by atoms with Gasteiger partial charge < -0.3 is 15.8 Å². The van der Waals surface area contributed by atoms with Gasteiger partial charge in [0, 0.05) is 5.02 Å². The molecule has 0 saturated carbocycles. The Hall–Kier alpha value is -2.08. The second-order valence-electron chi connectivity index (χ2n) is 4.18. The maximum absolute atomic E-state index is 11.6. The number of hydrogen-bond donors (Lipinski definition) is 2. The molecule has 7 heteroatoms. The van der Waals surface area contributed by atoms with Crippen LogP contribution in [0.25, 0.3) is 0 Å². The van der Waals surface area contributed by atoms with Crippen LogP contribution in [0.3, 0.4) is 0 Å². The van der Waals surface area contributed by atoms with E-state index in [9.17, 15) is 14.4 Å². The van der Waals surface area contributed by atoms with Gasteiger partial charge in [-0.15, -0.1) is 0 Å². The standard InChI is InChI=1S/C13H15ClN2O4/c1-8(17)7-20-12(18)6-11(16-13(15)19)9-2-4-10(14)5-3-9/h2-5,11H,6-7H2,1H3,(H3,15,16,19). The summed E-state index contributed by atoms with van der Waals surface area (Å²) in [4.78, 5) is 33.3. The molecule has 0 heterocycles. The molecular weight excluding hydrogens is 284 g/mol. The van der Waals surface area contributed by atoms with Gasteiger partial charge in [-0.2, -0.15) is 0 Å². The van der Waals surface area contributed by atoms with Crippen molar-refractivity contribution in [3.05, 3.63) is 34.9 Å². The molecule has 0 spiro atoms. The molecule has 0 aromatic heterocycles. The highest BCUT2D eigenvalue weighted by atomic mass is 35.5. The van der Waals surface area contributed by atoms with Gasteiger partial charge in [0.05, 0.1) is 12.5 Å². The summed E-state index contributed by atoms with van der Waals surface area (Å²) >= 11 is 5.77. The van der Waals surface area contributed by atoms with Crippen LogP contribution >= 0.6 is 11.6 Å². The van der Waals surface area contributed by atoms with Crippen LogP contribution in [0.4, 0.5) is 4.79 Å². The Bertz CT molecular complexity index is 502. The zero-order chi connectivity index (χ0) is 15.1. The van der Waals surface area contributed by atoms with Crippen molar-refractivity contribution in [3.63, 3.8) is 0 Å². The third-order valence-corrected chi connectivity index (χ3v) is 2.65. The Morgan fingerprint density at radius 1 is 1.30 bits per heavy atom. The first-order chi connectivity index (χ1) is 9.38. The first-order valence-electron chi connectivity index (χ1n) is 5.85. The SMILES string of the molecule is CC(=O)COC(=O)CC(NC(N)=O)c1ccc(Cl)cc1. The van der Waals surface area contributed by atoms with Crippen molar-refractivity contribution in [2.75, 3.05) is 6.61 Å². The number of hydrogen-bond acceptors (Lipinski definition) is 4. The molecule has 1 unspecified atom stereocenters. The molecule has 3 N–H and O–H groups in total. The number of rotatable bonds is 6. The number of carbonyl (C=O) groups excluding carboxylic acids is 3. The summed E-state index contributed by atoms with van der Waals surface area (Å²) in [6.45, 7) is 1.02. The summed E-state index contributed by atoms with van der Waals surface area (Å²) < 4.78 is 4.75. The number of halogens is 1. The Labute approximate surface area is 121 Å². The van der Waals surface area contributed by atoms with E-state index in [0.717, 1.165) is 0 Å². The van der Waals surface area contributed by atoms with Gasteiger partial charge in [-0.05, 0) is 24.6 Å². The summed E-state index contributed by atoms with van der Waals surface area (Å²) in [5.74, 6) is -0.863. The average Bonchev–Trinajstić information content (AvgIpc) is 2.36. The second-order valence-corrected chi connectivity index (χ2v) is 4.62. The lowest BCUT2D eigenvalue weighted by Crippen LogP contribution is -2.34. The highest BCUT2D eigenvalue weighted by Crippen LogP contribution is 2.19. The zero-order valence-corrected chi connectivity index (χ0v) is 11.6. The molecule has 1 aromatic carbocycles. The van der Waals surface area contributed by atoms with Crippen molar-refractivity contribution < 1.29 is 19.1 Å². The van der Waals surface area contributed by atoms with Crippen LogP contribution in [-0.4, -0.2) is 24.4 Å². The number of primary amides is 1. The van der Waals surface area contributed by atoms with Crippen molar-refractivity contribution >= 4 is 29.4 Å². The minimum absolute atomic E-state index is 0.127. The molecule has 0 fully saturated rings. The van der Waals surface area contributed by atoms with Crippen molar-refractivity contribution in [1.82, 2.24) is 5.32 Å². The van der Waals surface area contributed by atoms with Gasteiger partial charge in [0.25, 0.3) is 0 Å². The lowest BCUT2D eigenvalue weighted by molar-refractivity contribution is -0.148. The van der Waals surface area contributed by atoms with Crippen LogP contribution in [0.2, 0.25) is 5.02 Å². The van der Waals surface area contributed by atoms with Gasteiger partial charge in [-0.25, -0.2) is 4.79 Å². The molecule has 0 aliphatic rings.